The Morgan fingerprint density at radius 3 is 2.61 bits per heavy atom. The summed E-state index contributed by atoms with van der Waals surface area (Å²) >= 11 is 2.19. The molecular weight excluding hydrogens is 497 g/mol. The highest BCUT2D eigenvalue weighted by molar-refractivity contribution is 14.1. The van der Waals surface area contributed by atoms with Crippen LogP contribution in [-0.2, 0) is 14.8 Å². The van der Waals surface area contributed by atoms with E-state index in [0.29, 0.717) is 44.4 Å². The predicted molar refractivity (Wildman–Crippen MR) is 117 cm³/mol. The van der Waals surface area contributed by atoms with Crippen LogP contribution in [0.3, 0.4) is 0 Å². The molecule has 0 aliphatic carbocycles. The van der Waals surface area contributed by atoms with E-state index in [0.717, 1.165) is 16.4 Å². The molecule has 0 saturated carbocycles. The minimum atomic E-state index is -3.30. The second kappa shape index (κ2) is 14.1. The lowest BCUT2D eigenvalue weighted by molar-refractivity contribution is -0.137. The summed E-state index contributed by atoms with van der Waals surface area (Å²) in [4.78, 5) is 10.4. The minimum Gasteiger partial charge on any atom is -0.491 e. The summed E-state index contributed by atoms with van der Waals surface area (Å²) in [6.07, 6.45) is 4.03. The van der Waals surface area contributed by atoms with Gasteiger partial charge in [0.2, 0.25) is 10.0 Å². The average Bonchev–Trinajstić information content (AvgIpc) is 2.62. The lowest BCUT2D eigenvalue weighted by Gasteiger charge is -2.12. The molecule has 7 nitrogen and oxygen atoms in total. The van der Waals surface area contributed by atoms with Gasteiger partial charge in [-0.1, -0.05) is 18.9 Å². The van der Waals surface area contributed by atoms with E-state index >= 15 is 0 Å². The Morgan fingerprint density at radius 1 is 1.14 bits per heavy atom. The van der Waals surface area contributed by atoms with Crippen LogP contribution < -0.4 is 9.46 Å². The molecule has 0 heterocycles. The Balaban J connectivity index is 2.06. The van der Waals surface area contributed by atoms with Crippen LogP contribution >= 0.6 is 22.6 Å². The summed E-state index contributed by atoms with van der Waals surface area (Å²) in [5.74, 6) is -0.0517. The van der Waals surface area contributed by atoms with E-state index in [1.54, 1.807) is 0 Å². The van der Waals surface area contributed by atoms with Gasteiger partial charge in [0.25, 0.3) is 0 Å². The Labute approximate surface area is 181 Å². The van der Waals surface area contributed by atoms with Crippen molar-refractivity contribution in [3.8, 4) is 5.75 Å². The zero-order chi connectivity index (χ0) is 20.8. The van der Waals surface area contributed by atoms with Crippen molar-refractivity contribution in [2.75, 3.05) is 18.9 Å². The summed E-state index contributed by atoms with van der Waals surface area (Å²) in [7, 11) is -3.30. The number of hydrogen-bond acceptors (Lipinski definition) is 5. The molecule has 0 fully saturated rings. The van der Waals surface area contributed by atoms with Gasteiger partial charge in [0, 0.05) is 16.5 Å². The van der Waals surface area contributed by atoms with E-state index in [4.69, 9.17) is 9.84 Å². The summed E-state index contributed by atoms with van der Waals surface area (Å²) in [6, 6.07) is 7.56. The zero-order valence-corrected chi connectivity index (χ0v) is 19.0. The molecule has 0 bridgehead atoms. The number of unbranched alkanes of at least 4 members (excludes halogenated alkanes) is 4. The number of halogens is 1. The Morgan fingerprint density at radius 2 is 1.89 bits per heavy atom. The third kappa shape index (κ3) is 13.3. The first-order chi connectivity index (χ1) is 13.3. The number of hydrogen-bond donors (Lipinski definition) is 3. The molecule has 0 aliphatic heterocycles. The molecule has 1 aromatic rings. The van der Waals surface area contributed by atoms with Crippen molar-refractivity contribution >= 4 is 38.6 Å². The molecule has 28 heavy (non-hydrogen) atoms. The van der Waals surface area contributed by atoms with Crippen molar-refractivity contribution in [2.24, 2.45) is 0 Å². The SMILES string of the molecule is O=C(O)CCCCCCNS(=O)(=O)CCCCC(O)COc1cccc(I)c1. The molecule has 0 spiro atoms. The molecule has 3 N–H and O–H groups in total. The van der Waals surface area contributed by atoms with E-state index in [1.807, 2.05) is 24.3 Å². The lowest BCUT2D eigenvalue weighted by atomic mass is 10.1. The van der Waals surface area contributed by atoms with Crippen LogP contribution in [0, 0.1) is 3.57 Å². The fourth-order valence-corrected chi connectivity index (χ4v) is 4.26. The number of carboxylic acids is 1. The lowest BCUT2D eigenvalue weighted by Crippen LogP contribution is -2.27. The van der Waals surface area contributed by atoms with E-state index in [9.17, 15) is 18.3 Å². The Bertz CT molecular complexity index is 683. The molecule has 9 heteroatoms. The predicted octanol–water partition coefficient (Wildman–Crippen LogP) is 3.16. The van der Waals surface area contributed by atoms with Crippen LogP contribution in [0.4, 0.5) is 0 Å². The molecule has 0 radical (unpaired) electrons. The highest BCUT2D eigenvalue weighted by Gasteiger charge is 2.11. The van der Waals surface area contributed by atoms with E-state index in [-0.39, 0.29) is 18.8 Å². The standard InChI is InChI=1S/C19H30INO6S/c20-16-8-7-10-18(14-16)27-15-17(22)9-4-6-13-28(25,26)21-12-5-2-1-3-11-19(23)24/h7-8,10,14,17,21-22H,1-6,9,11-13,15H2,(H,23,24). The maximum Gasteiger partial charge on any atom is 0.303 e. The number of rotatable bonds is 16. The highest BCUT2D eigenvalue weighted by Crippen LogP contribution is 2.15. The molecule has 1 rings (SSSR count). The minimum absolute atomic E-state index is 0.0382. The number of carboxylic acid groups (broad SMARTS) is 1. The number of carbonyl (C=O) groups is 1. The largest absolute Gasteiger partial charge is 0.491 e. The molecule has 0 aliphatic rings. The number of nitrogens with one attached hydrogen (secondary N) is 1. The average molecular weight is 527 g/mol. The number of ether oxygens (including phenoxy) is 1. The third-order valence-corrected chi connectivity index (χ3v) is 6.22. The first kappa shape index (κ1) is 25.1. The maximum absolute atomic E-state index is 11.9. The number of benzene rings is 1. The third-order valence-electron chi connectivity index (χ3n) is 4.08. The van der Waals surface area contributed by atoms with Gasteiger partial charge < -0.3 is 14.9 Å². The summed E-state index contributed by atoms with van der Waals surface area (Å²) in [5.41, 5.74) is 0. The number of aliphatic carboxylic acids is 1. The molecule has 0 amide bonds. The van der Waals surface area contributed by atoms with Gasteiger partial charge in [-0.2, -0.15) is 0 Å². The van der Waals surface area contributed by atoms with Crippen LogP contribution in [0.25, 0.3) is 0 Å². The number of aliphatic hydroxyl groups excluding tert-OH is 1. The van der Waals surface area contributed by atoms with E-state index in [1.165, 1.54) is 0 Å². The first-order valence-corrected chi connectivity index (χ1v) is 12.3. The normalized spacial score (nSPS) is 12.6. The van der Waals surface area contributed by atoms with E-state index in [2.05, 4.69) is 27.3 Å². The molecule has 1 atom stereocenters. The Hall–Kier alpha value is -0.910. The Kier molecular flexibility index (Phi) is 12.7. The molecule has 160 valence electrons. The molecule has 1 aromatic carbocycles. The fraction of sp³-hybridized carbons (Fsp3) is 0.632. The van der Waals surface area contributed by atoms with Gasteiger partial charge in [-0.3, -0.25) is 4.79 Å². The van der Waals surface area contributed by atoms with Gasteiger partial charge in [0.1, 0.15) is 12.4 Å². The monoisotopic (exact) mass is 527 g/mol. The van der Waals surface area contributed by atoms with Crippen LogP contribution in [0.2, 0.25) is 0 Å². The summed E-state index contributed by atoms with van der Waals surface area (Å²) in [5, 5.41) is 18.5. The van der Waals surface area contributed by atoms with Crippen molar-refractivity contribution in [3.05, 3.63) is 27.8 Å². The number of sulfonamides is 1. The summed E-state index contributed by atoms with van der Waals surface area (Å²) < 4.78 is 33.0. The number of aliphatic hydroxyl groups is 1. The second-order valence-corrected chi connectivity index (χ2v) is 9.86. The van der Waals surface area contributed by atoms with Crippen LogP contribution in [-0.4, -0.2) is 49.6 Å². The van der Waals surface area contributed by atoms with Crippen LogP contribution in [0.1, 0.15) is 51.4 Å². The van der Waals surface area contributed by atoms with Gasteiger partial charge in [-0.15, -0.1) is 0 Å². The quantitative estimate of drug-likeness (QED) is 0.225. The van der Waals surface area contributed by atoms with Crippen molar-refractivity contribution in [1.82, 2.24) is 4.72 Å². The van der Waals surface area contributed by atoms with Gasteiger partial charge in [0.15, 0.2) is 0 Å². The fourth-order valence-electron chi connectivity index (χ4n) is 2.56. The van der Waals surface area contributed by atoms with Crippen LogP contribution in [0.15, 0.2) is 24.3 Å². The summed E-state index contributed by atoms with van der Waals surface area (Å²) in [6.45, 7) is 0.564. The zero-order valence-electron chi connectivity index (χ0n) is 16.0. The molecule has 0 saturated heterocycles. The van der Waals surface area contributed by atoms with Crippen molar-refractivity contribution in [1.29, 1.82) is 0 Å². The van der Waals surface area contributed by atoms with Crippen molar-refractivity contribution < 1.29 is 28.2 Å². The molecule has 0 aromatic heterocycles. The van der Waals surface area contributed by atoms with E-state index < -0.39 is 22.1 Å². The first-order valence-electron chi connectivity index (χ1n) is 9.54. The van der Waals surface area contributed by atoms with Crippen LogP contribution in [0.5, 0.6) is 5.75 Å². The van der Waals surface area contributed by atoms with Crippen molar-refractivity contribution in [3.63, 3.8) is 0 Å². The van der Waals surface area contributed by atoms with Gasteiger partial charge in [-0.05, 0) is 72.9 Å². The van der Waals surface area contributed by atoms with Gasteiger partial charge >= 0.3 is 5.97 Å². The van der Waals surface area contributed by atoms with Gasteiger partial charge in [0.05, 0.1) is 11.9 Å². The smallest absolute Gasteiger partial charge is 0.303 e. The molecule has 1 unspecified atom stereocenters. The van der Waals surface area contributed by atoms with Gasteiger partial charge in [-0.25, -0.2) is 13.1 Å². The second-order valence-electron chi connectivity index (χ2n) is 6.69. The molecular formula is C19H30INO6S. The highest BCUT2D eigenvalue weighted by atomic mass is 127. The van der Waals surface area contributed by atoms with Crippen molar-refractivity contribution in [2.45, 2.75) is 57.5 Å². The maximum atomic E-state index is 11.9. The topological polar surface area (TPSA) is 113 Å².